The third kappa shape index (κ3) is 7.55. The number of halogens is 1. The molecule has 10 heteroatoms. The van der Waals surface area contributed by atoms with Gasteiger partial charge in [-0.2, -0.15) is 5.26 Å². The number of carboxylic acids is 1. The van der Waals surface area contributed by atoms with Crippen molar-refractivity contribution in [1.82, 2.24) is 10.3 Å². The lowest BCUT2D eigenvalue weighted by Gasteiger charge is -2.20. The van der Waals surface area contributed by atoms with Crippen molar-refractivity contribution in [3.8, 4) is 40.2 Å². The van der Waals surface area contributed by atoms with Crippen molar-refractivity contribution in [2.75, 3.05) is 19.8 Å². The van der Waals surface area contributed by atoms with Crippen LogP contribution >= 0.6 is 11.6 Å². The predicted molar refractivity (Wildman–Crippen MR) is 161 cm³/mol. The van der Waals surface area contributed by atoms with Crippen molar-refractivity contribution >= 4 is 17.6 Å². The van der Waals surface area contributed by atoms with Gasteiger partial charge in [-0.1, -0.05) is 35.9 Å². The summed E-state index contributed by atoms with van der Waals surface area (Å²) < 4.78 is 23.8. The zero-order valence-electron chi connectivity index (χ0n) is 23.6. The number of carbonyl (C=O) groups is 1. The molecule has 0 bridgehead atoms. The average molecular weight is 600 g/mol. The van der Waals surface area contributed by atoms with Gasteiger partial charge in [0.25, 0.3) is 0 Å². The fourth-order valence-electron chi connectivity index (χ4n) is 4.69. The number of aliphatic carboxylic acids is 1. The number of hydrogen-bond acceptors (Lipinski definition) is 8. The highest BCUT2D eigenvalue weighted by Crippen LogP contribution is 2.37. The van der Waals surface area contributed by atoms with Crippen molar-refractivity contribution in [3.63, 3.8) is 0 Å². The number of hydrogen-bond donors (Lipinski definition) is 2. The Bertz CT molecular complexity index is 1670. The lowest BCUT2D eigenvalue weighted by Crippen LogP contribution is -2.18. The minimum Gasteiger partial charge on any atom is -0.488 e. The number of aromatic nitrogens is 1. The lowest BCUT2D eigenvalue weighted by molar-refractivity contribution is -0.136. The number of ether oxygens (including phenoxy) is 4. The summed E-state index contributed by atoms with van der Waals surface area (Å²) in [5.41, 5.74) is 6.04. The van der Waals surface area contributed by atoms with Gasteiger partial charge in [0.15, 0.2) is 11.5 Å². The van der Waals surface area contributed by atoms with Crippen molar-refractivity contribution in [2.24, 2.45) is 0 Å². The predicted octanol–water partition coefficient (Wildman–Crippen LogP) is 6.08. The van der Waals surface area contributed by atoms with E-state index in [1.807, 2.05) is 30.3 Å². The third-order valence-electron chi connectivity index (χ3n) is 6.95. The Morgan fingerprint density at radius 3 is 2.65 bits per heavy atom. The highest BCUT2D eigenvalue weighted by Gasteiger charge is 2.16. The van der Waals surface area contributed by atoms with E-state index in [1.54, 1.807) is 24.4 Å². The van der Waals surface area contributed by atoms with Crippen LogP contribution < -0.4 is 24.3 Å². The summed E-state index contributed by atoms with van der Waals surface area (Å²) in [6.07, 6.45) is 3.11. The molecule has 0 aliphatic carbocycles. The second-order valence-electron chi connectivity index (χ2n) is 9.93. The van der Waals surface area contributed by atoms with E-state index in [-0.39, 0.29) is 26.2 Å². The number of fused-ring (bicyclic) bond motifs is 1. The van der Waals surface area contributed by atoms with Crippen molar-refractivity contribution in [1.29, 1.82) is 5.26 Å². The number of nitriles is 1. The van der Waals surface area contributed by atoms with E-state index in [2.05, 4.69) is 29.4 Å². The number of rotatable bonds is 12. The maximum Gasteiger partial charge on any atom is 0.304 e. The minimum absolute atomic E-state index is 0.0115. The molecule has 0 saturated heterocycles. The number of nitrogens with one attached hydrogen (secondary N) is 1. The molecule has 9 nitrogen and oxygen atoms in total. The zero-order valence-corrected chi connectivity index (χ0v) is 24.3. The first-order chi connectivity index (χ1) is 20.9. The van der Waals surface area contributed by atoms with Crippen molar-refractivity contribution in [2.45, 2.75) is 33.1 Å². The molecule has 0 radical (unpaired) electrons. The van der Waals surface area contributed by atoms with Crippen LogP contribution in [0.3, 0.4) is 0 Å². The molecule has 3 aromatic carbocycles. The second kappa shape index (κ2) is 13.9. The average Bonchev–Trinajstić information content (AvgIpc) is 3.02. The van der Waals surface area contributed by atoms with E-state index in [0.29, 0.717) is 41.8 Å². The summed E-state index contributed by atoms with van der Waals surface area (Å²) in [5.74, 6) is 1.56. The Hall–Kier alpha value is -4.78. The molecule has 0 fully saturated rings. The SMILES string of the molecule is Cc1c(COc2cc(OCc3cncc(C#N)c3)c(CNCCC(=O)O)cc2Cl)cccc1-c1ccc2c(c1)OCCO2. The summed E-state index contributed by atoms with van der Waals surface area (Å²) in [6.45, 7) is 4.19. The van der Waals surface area contributed by atoms with Crippen LogP contribution in [0.15, 0.2) is 67.0 Å². The quantitative estimate of drug-likeness (QED) is 0.187. The Kier molecular flexibility index (Phi) is 9.62. The van der Waals surface area contributed by atoms with E-state index >= 15 is 0 Å². The van der Waals surface area contributed by atoms with Gasteiger partial charge >= 0.3 is 5.97 Å². The lowest BCUT2D eigenvalue weighted by atomic mass is 9.96. The Morgan fingerprint density at radius 1 is 1.02 bits per heavy atom. The second-order valence-corrected chi connectivity index (χ2v) is 10.3. The van der Waals surface area contributed by atoms with Crippen LogP contribution in [0.4, 0.5) is 0 Å². The highest BCUT2D eigenvalue weighted by atomic mass is 35.5. The summed E-state index contributed by atoms with van der Waals surface area (Å²) in [5, 5.41) is 21.7. The first-order valence-electron chi connectivity index (χ1n) is 13.7. The van der Waals surface area contributed by atoms with E-state index in [0.717, 1.165) is 44.9 Å². The van der Waals surface area contributed by atoms with Crippen LogP contribution in [0.25, 0.3) is 11.1 Å². The number of carboxylic acid groups (broad SMARTS) is 1. The molecule has 5 rings (SSSR count). The van der Waals surface area contributed by atoms with Gasteiger partial charge in [-0.05, 0) is 53.4 Å². The molecular formula is C33H30ClN3O6. The topological polar surface area (TPSA) is 123 Å². The van der Waals surface area contributed by atoms with Gasteiger partial charge in [0, 0.05) is 42.7 Å². The molecule has 2 N–H and O–H groups in total. The third-order valence-corrected chi connectivity index (χ3v) is 7.24. The van der Waals surface area contributed by atoms with Gasteiger partial charge in [0.1, 0.15) is 44.0 Å². The Morgan fingerprint density at radius 2 is 1.84 bits per heavy atom. The van der Waals surface area contributed by atoms with Gasteiger partial charge in [-0.15, -0.1) is 0 Å². The zero-order chi connectivity index (χ0) is 30.2. The standard InChI is InChI=1S/C33H30ClN3O6/c1-21-25(3-2-4-27(21)24-5-6-29-32(13-24)41-10-9-40-29)20-43-31-14-30(42-19-23-11-22(15-35)16-37-17-23)26(12-28(31)34)18-36-8-7-33(38)39/h2-6,11-14,16-17,36H,7-10,18-20H2,1H3,(H,38,39). The van der Waals surface area contributed by atoms with Crippen LogP contribution in [0.5, 0.6) is 23.0 Å². The molecule has 1 aliphatic heterocycles. The van der Waals surface area contributed by atoms with Crippen LogP contribution in [-0.2, 0) is 24.6 Å². The van der Waals surface area contributed by atoms with Crippen LogP contribution in [0, 0.1) is 18.3 Å². The van der Waals surface area contributed by atoms with E-state index < -0.39 is 5.97 Å². The van der Waals surface area contributed by atoms with Crippen LogP contribution in [0.2, 0.25) is 5.02 Å². The molecule has 0 spiro atoms. The largest absolute Gasteiger partial charge is 0.488 e. The Labute approximate surface area is 254 Å². The first-order valence-corrected chi connectivity index (χ1v) is 14.1. The van der Waals surface area contributed by atoms with Gasteiger partial charge < -0.3 is 29.4 Å². The summed E-state index contributed by atoms with van der Waals surface area (Å²) in [4.78, 5) is 15.0. The number of benzene rings is 3. The molecule has 0 amide bonds. The van der Waals surface area contributed by atoms with Gasteiger partial charge in [-0.25, -0.2) is 0 Å². The van der Waals surface area contributed by atoms with Crippen LogP contribution in [0.1, 0.15) is 34.2 Å². The van der Waals surface area contributed by atoms with Crippen molar-refractivity contribution in [3.05, 3.63) is 99.8 Å². The molecule has 4 aromatic rings. The van der Waals surface area contributed by atoms with Crippen LogP contribution in [-0.4, -0.2) is 35.8 Å². The first kappa shape index (κ1) is 29.7. The molecule has 0 unspecified atom stereocenters. The maximum atomic E-state index is 10.9. The highest BCUT2D eigenvalue weighted by molar-refractivity contribution is 6.32. The molecule has 1 aromatic heterocycles. The summed E-state index contributed by atoms with van der Waals surface area (Å²) in [6, 6.07) is 19.3. The monoisotopic (exact) mass is 599 g/mol. The summed E-state index contributed by atoms with van der Waals surface area (Å²) in [7, 11) is 0. The minimum atomic E-state index is -0.885. The number of nitrogens with zero attached hydrogens (tertiary/aromatic N) is 2. The molecule has 1 aliphatic rings. The van der Waals surface area contributed by atoms with Gasteiger partial charge in [0.05, 0.1) is 17.0 Å². The molecular weight excluding hydrogens is 570 g/mol. The van der Waals surface area contributed by atoms with E-state index in [4.69, 9.17) is 35.7 Å². The van der Waals surface area contributed by atoms with E-state index in [9.17, 15) is 10.1 Å². The summed E-state index contributed by atoms with van der Waals surface area (Å²) >= 11 is 6.65. The molecule has 43 heavy (non-hydrogen) atoms. The van der Waals surface area contributed by atoms with E-state index in [1.165, 1.54) is 6.20 Å². The fraction of sp³-hybridized carbons (Fsp3) is 0.242. The van der Waals surface area contributed by atoms with Gasteiger partial charge in [0.2, 0.25) is 0 Å². The molecule has 0 saturated carbocycles. The molecule has 2 heterocycles. The smallest absolute Gasteiger partial charge is 0.304 e. The normalized spacial score (nSPS) is 11.9. The number of pyridine rings is 1. The fourth-order valence-corrected chi connectivity index (χ4v) is 4.93. The maximum absolute atomic E-state index is 10.9. The van der Waals surface area contributed by atoms with Crippen molar-refractivity contribution < 1.29 is 28.8 Å². The molecule has 0 atom stereocenters. The Balaban J connectivity index is 1.35. The van der Waals surface area contributed by atoms with Gasteiger partial charge in [-0.3, -0.25) is 9.78 Å². The molecule has 220 valence electrons.